The number of amides is 1. The fourth-order valence-electron chi connectivity index (χ4n) is 2.06. The lowest BCUT2D eigenvalue weighted by Crippen LogP contribution is -2.52. The van der Waals surface area contributed by atoms with Crippen LogP contribution in [0.5, 0.6) is 5.75 Å². The molecular weight excluding hydrogens is 245 g/mol. The van der Waals surface area contributed by atoms with E-state index in [1.807, 2.05) is 24.3 Å². The first kappa shape index (κ1) is 13.8. The Labute approximate surface area is 113 Å². The third kappa shape index (κ3) is 3.46. The maximum atomic E-state index is 12.3. The standard InChI is InChI=1S/C15H20FNO2/c1-11(2)13-3-5-14(6-4-13)19-10-15(18)17-8-12(7-16)9-17/h3-6,11-12H,7-10H2,1-2H3. The van der Waals surface area contributed by atoms with Gasteiger partial charge in [-0.05, 0) is 23.6 Å². The Morgan fingerprint density at radius 1 is 1.37 bits per heavy atom. The van der Waals surface area contributed by atoms with Crippen molar-refractivity contribution in [2.45, 2.75) is 19.8 Å². The zero-order valence-corrected chi connectivity index (χ0v) is 11.4. The molecule has 104 valence electrons. The first-order valence-electron chi connectivity index (χ1n) is 6.66. The van der Waals surface area contributed by atoms with Crippen LogP contribution in [-0.4, -0.2) is 37.2 Å². The lowest BCUT2D eigenvalue weighted by atomic mass is 10.0. The molecule has 0 saturated carbocycles. The van der Waals surface area contributed by atoms with Crippen molar-refractivity contribution in [1.29, 1.82) is 0 Å². The molecule has 1 aliphatic rings. The average Bonchev–Trinajstić information content (AvgIpc) is 2.35. The van der Waals surface area contributed by atoms with Crippen LogP contribution in [0.3, 0.4) is 0 Å². The van der Waals surface area contributed by atoms with E-state index in [0.29, 0.717) is 24.8 Å². The lowest BCUT2D eigenvalue weighted by Gasteiger charge is -2.37. The van der Waals surface area contributed by atoms with Crippen molar-refractivity contribution >= 4 is 5.91 Å². The SMILES string of the molecule is CC(C)c1ccc(OCC(=O)N2CC(CF)C2)cc1. The van der Waals surface area contributed by atoms with E-state index in [2.05, 4.69) is 13.8 Å². The van der Waals surface area contributed by atoms with Crippen molar-refractivity contribution in [2.75, 3.05) is 26.4 Å². The largest absolute Gasteiger partial charge is 0.484 e. The molecule has 0 bridgehead atoms. The van der Waals surface area contributed by atoms with Gasteiger partial charge in [0.15, 0.2) is 6.61 Å². The summed E-state index contributed by atoms with van der Waals surface area (Å²) in [4.78, 5) is 13.3. The predicted octanol–water partition coefficient (Wildman–Crippen LogP) is 2.62. The predicted molar refractivity (Wildman–Crippen MR) is 72.1 cm³/mol. The summed E-state index contributed by atoms with van der Waals surface area (Å²) in [6.45, 7) is 4.98. The average molecular weight is 265 g/mol. The normalized spacial score (nSPS) is 15.5. The first-order valence-corrected chi connectivity index (χ1v) is 6.66. The first-order chi connectivity index (χ1) is 9.10. The van der Waals surface area contributed by atoms with E-state index in [9.17, 15) is 9.18 Å². The molecular formula is C15H20FNO2. The number of benzene rings is 1. The molecule has 1 aromatic carbocycles. The second kappa shape index (κ2) is 6.04. The summed E-state index contributed by atoms with van der Waals surface area (Å²) in [6.07, 6.45) is 0. The van der Waals surface area contributed by atoms with E-state index in [4.69, 9.17) is 4.74 Å². The molecule has 2 rings (SSSR count). The van der Waals surface area contributed by atoms with Gasteiger partial charge in [-0.15, -0.1) is 0 Å². The molecule has 0 N–H and O–H groups in total. The monoisotopic (exact) mass is 265 g/mol. The van der Waals surface area contributed by atoms with Crippen LogP contribution in [0.2, 0.25) is 0 Å². The van der Waals surface area contributed by atoms with Gasteiger partial charge in [0.2, 0.25) is 0 Å². The van der Waals surface area contributed by atoms with Gasteiger partial charge in [0.1, 0.15) is 5.75 Å². The van der Waals surface area contributed by atoms with Gasteiger partial charge < -0.3 is 9.64 Å². The number of ether oxygens (including phenoxy) is 1. The second-order valence-electron chi connectivity index (χ2n) is 5.33. The van der Waals surface area contributed by atoms with Crippen molar-refractivity contribution in [3.8, 4) is 5.75 Å². The maximum absolute atomic E-state index is 12.3. The van der Waals surface area contributed by atoms with Crippen LogP contribution in [0.4, 0.5) is 4.39 Å². The van der Waals surface area contributed by atoms with Crippen LogP contribution in [0.1, 0.15) is 25.3 Å². The molecule has 0 aliphatic carbocycles. The van der Waals surface area contributed by atoms with Crippen molar-refractivity contribution in [2.24, 2.45) is 5.92 Å². The summed E-state index contributed by atoms with van der Waals surface area (Å²) in [5.41, 5.74) is 1.24. The molecule has 4 heteroatoms. The number of rotatable bonds is 5. The van der Waals surface area contributed by atoms with Gasteiger partial charge in [0.05, 0.1) is 6.67 Å². The van der Waals surface area contributed by atoms with E-state index in [-0.39, 0.29) is 25.1 Å². The minimum absolute atomic E-state index is 0.0225. The second-order valence-corrected chi connectivity index (χ2v) is 5.33. The zero-order valence-electron chi connectivity index (χ0n) is 11.4. The maximum Gasteiger partial charge on any atom is 0.260 e. The molecule has 19 heavy (non-hydrogen) atoms. The van der Waals surface area contributed by atoms with E-state index in [1.165, 1.54) is 5.56 Å². The number of hydrogen-bond acceptors (Lipinski definition) is 2. The Balaban J connectivity index is 1.77. The van der Waals surface area contributed by atoms with E-state index < -0.39 is 0 Å². The fraction of sp³-hybridized carbons (Fsp3) is 0.533. The Morgan fingerprint density at radius 2 is 2.00 bits per heavy atom. The van der Waals surface area contributed by atoms with Gasteiger partial charge in [-0.1, -0.05) is 26.0 Å². The van der Waals surface area contributed by atoms with Gasteiger partial charge in [-0.25, -0.2) is 0 Å². The Bertz CT molecular complexity index is 424. The van der Waals surface area contributed by atoms with E-state index in [1.54, 1.807) is 4.90 Å². The highest BCUT2D eigenvalue weighted by Gasteiger charge is 2.30. The fourth-order valence-corrected chi connectivity index (χ4v) is 2.06. The van der Waals surface area contributed by atoms with E-state index >= 15 is 0 Å². The number of hydrogen-bond donors (Lipinski definition) is 0. The van der Waals surface area contributed by atoms with Crippen LogP contribution in [0.15, 0.2) is 24.3 Å². The summed E-state index contributed by atoms with van der Waals surface area (Å²) < 4.78 is 17.7. The number of halogens is 1. The van der Waals surface area contributed by atoms with Crippen LogP contribution >= 0.6 is 0 Å². The third-order valence-corrected chi connectivity index (χ3v) is 3.44. The number of carbonyl (C=O) groups excluding carboxylic acids is 1. The lowest BCUT2D eigenvalue weighted by molar-refractivity contribution is -0.140. The third-order valence-electron chi connectivity index (χ3n) is 3.44. The zero-order chi connectivity index (χ0) is 13.8. The van der Waals surface area contributed by atoms with Gasteiger partial charge in [-0.3, -0.25) is 9.18 Å². The summed E-state index contributed by atoms with van der Waals surface area (Å²) in [5.74, 6) is 1.13. The van der Waals surface area contributed by atoms with Crippen LogP contribution in [0.25, 0.3) is 0 Å². The van der Waals surface area contributed by atoms with Crippen molar-refractivity contribution < 1.29 is 13.9 Å². The highest BCUT2D eigenvalue weighted by Crippen LogP contribution is 2.19. The van der Waals surface area contributed by atoms with Crippen LogP contribution in [-0.2, 0) is 4.79 Å². The number of nitrogens with zero attached hydrogens (tertiary/aromatic N) is 1. The number of carbonyl (C=O) groups is 1. The van der Waals surface area contributed by atoms with Gasteiger partial charge >= 0.3 is 0 Å². The van der Waals surface area contributed by atoms with Gasteiger partial charge in [0.25, 0.3) is 5.91 Å². The van der Waals surface area contributed by atoms with Crippen molar-refractivity contribution in [3.63, 3.8) is 0 Å². The molecule has 1 heterocycles. The molecule has 0 radical (unpaired) electrons. The highest BCUT2D eigenvalue weighted by molar-refractivity contribution is 5.78. The van der Waals surface area contributed by atoms with Gasteiger partial charge in [-0.2, -0.15) is 0 Å². The summed E-state index contributed by atoms with van der Waals surface area (Å²) in [5, 5.41) is 0. The quantitative estimate of drug-likeness (QED) is 0.819. The minimum Gasteiger partial charge on any atom is -0.484 e. The minimum atomic E-state index is -0.346. The molecule has 1 aliphatic heterocycles. The molecule has 1 fully saturated rings. The molecule has 1 aromatic rings. The summed E-state index contributed by atoms with van der Waals surface area (Å²) in [7, 11) is 0. The topological polar surface area (TPSA) is 29.5 Å². The molecule has 0 spiro atoms. The number of alkyl halides is 1. The molecule has 1 amide bonds. The van der Waals surface area contributed by atoms with Crippen molar-refractivity contribution in [1.82, 2.24) is 4.90 Å². The molecule has 0 aromatic heterocycles. The molecule has 0 atom stereocenters. The Hall–Kier alpha value is -1.58. The van der Waals surface area contributed by atoms with E-state index in [0.717, 1.165) is 0 Å². The summed E-state index contributed by atoms with van der Waals surface area (Å²) in [6, 6.07) is 7.77. The highest BCUT2D eigenvalue weighted by atomic mass is 19.1. The van der Waals surface area contributed by atoms with Crippen LogP contribution < -0.4 is 4.74 Å². The Kier molecular flexibility index (Phi) is 4.40. The number of likely N-dealkylation sites (tertiary alicyclic amines) is 1. The molecule has 1 saturated heterocycles. The van der Waals surface area contributed by atoms with Crippen LogP contribution in [0, 0.1) is 5.92 Å². The van der Waals surface area contributed by atoms with Gasteiger partial charge in [0, 0.05) is 19.0 Å². The summed E-state index contributed by atoms with van der Waals surface area (Å²) >= 11 is 0. The van der Waals surface area contributed by atoms with Crippen molar-refractivity contribution in [3.05, 3.63) is 29.8 Å². The molecule has 3 nitrogen and oxygen atoms in total. The Morgan fingerprint density at radius 3 is 2.53 bits per heavy atom. The molecule has 0 unspecified atom stereocenters. The smallest absolute Gasteiger partial charge is 0.260 e.